The molecule has 0 bridgehead atoms. The van der Waals surface area contributed by atoms with Crippen LogP contribution in [0, 0.1) is 11.3 Å². The highest BCUT2D eigenvalue weighted by Gasteiger charge is 2.15. The van der Waals surface area contributed by atoms with Gasteiger partial charge in [-0.1, -0.05) is 52.4 Å². The number of nitrogens with one attached hydrogen (secondary N) is 1. The van der Waals surface area contributed by atoms with Crippen molar-refractivity contribution < 1.29 is 0 Å². The second kappa shape index (κ2) is 9.58. The lowest BCUT2D eigenvalue weighted by molar-refractivity contribution is 0.601. The Balaban J connectivity index is 2.48. The predicted octanol–water partition coefficient (Wildman–Crippen LogP) is 4.89. The summed E-state index contributed by atoms with van der Waals surface area (Å²) in [5, 5.41) is 9.08. The quantitative estimate of drug-likeness (QED) is 0.618. The van der Waals surface area contributed by atoms with Gasteiger partial charge in [-0.2, -0.15) is 5.26 Å². The van der Waals surface area contributed by atoms with E-state index in [1.165, 1.54) is 44.2 Å². The summed E-state index contributed by atoms with van der Waals surface area (Å²) in [7, 11) is 0. The van der Waals surface area contributed by atoms with Crippen LogP contribution in [0.4, 0.5) is 0 Å². The van der Waals surface area contributed by atoms with E-state index in [9.17, 15) is 0 Å². The monoisotopic (exact) mass is 275 g/mol. The number of nitrogens with zero attached hydrogens (tertiary/aromatic N) is 2. The Morgan fingerprint density at radius 3 is 2.40 bits per heavy atom. The molecule has 0 aliphatic heterocycles. The molecule has 0 saturated carbocycles. The van der Waals surface area contributed by atoms with Crippen molar-refractivity contribution in [1.29, 1.82) is 5.26 Å². The summed E-state index contributed by atoms with van der Waals surface area (Å²) < 4.78 is 0. The van der Waals surface area contributed by atoms with Gasteiger partial charge >= 0.3 is 0 Å². The fourth-order valence-corrected chi connectivity index (χ4v) is 2.53. The highest BCUT2D eigenvalue weighted by molar-refractivity contribution is 5.23. The van der Waals surface area contributed by atoms with Gasteiger partial charge in [-0.15, -0.1) is 0 Å². The highest BCUT2D eigenvalue weighted by Crippen LogP contribution is 2.19. The Labute approximate surface area is 123 Å². The Morgan fingerprint density at radius 2 is 1.75 bits per heavy atom. The topological polar surface area (TPSA) is 52.5 Å². The molecule has 0 aliphatic carbocycles. The van der Waals surface area contributed by atoms with Crippen molar-refractivity contribution in [3.05, 3.63) is 17.2 Å². The average Bonchev–Trinajstić information content (AvgIpc) is 2.85. The zero-order valence-corrected chi connectivity index (χ0v) is 13.3. The molecular formula is C17H29N3. The molecule has 3 heteroatoms. The van der Waals surface area contributed by atoms with Crippen LogP contribution in [0.2, 0.25) is 0 Å². The molecule has 1 atom stereocenters. The molecule has 1 rings (SSSR count). The van der Waals surface area contributed by atoms with Crippen molar-refractivity contribution in [1.82, 2.24) is 9.97 Å². The van der Waals surface area contributed by atoms with E-state index in [4.69, 9.17) is 5.26 Å². The highest BCUT2D eigenvalue weighted by atomic mass is 14.9. The molecule has 0 saturated heterocycles. The van der Waals surface area contributed by atoms with Gasteiger partial charge in [0.2, 0.25) is 0 Å². The third-order valence-corrected chi connectivity index (χ3v) is 3.73. The Morgan fingerprint density at radius 1 is 1.05 bits per heavy atom. The molecule has 112 valence electrons. The molecular weight excluding hydrogens is 246 g/mol. The van der Waals surface area contributed by atoms with Crippen molar-refractivity contribution >= 4 is 0 Å². The van der Waals surface area contributed by atoms with Crippen LogP contribution in [0.1, 0.15) is 88.8 Å². The van der Waals surface area contributed by atoms with E-state index in [-0.39, 0.29) is 5.92 Å². The van der Waals surface area contributed by atoms with E-state index < -0.39 is 0 Å². The molecule has 0 amide bonds. The van der Waals surface area contributed by atoms with Gasteiger partial charge in [0.25, 0.3) is 0 Å². The van der Waals surface area contributed by atoms with E-state index in [0.29, 0.717) is 0 Å². The summed E-state index contributed by atoms with van der Waals surface area (Å²) in [4.78, 5) is 8.09. The minimum Gasteiger partial charge on any atom is -0.346 e. The van der Waals surface area contributed by atoms with Crippen LogP contribution in [0.3, 0.4) is 0 Å². The molecule has 1 N–H and O–H groups in total. The van der Waals surface area contributed by atoms with Gasteiger partial charge in [0.1, 0.15) is 5.82 Å². The van der Waals surface area contributed by atoms with E-state index in [1.54, 1.807) is 0 Å². The number of hydrogen-bond donors (Lipinski definition) is 1. The molecule has 0 aromatic carbocycles. The number of unbranched alkanes of at least 4 members (excludes halogenated alkanes) is 5. The SMILES string of the molecule is CCCCCCCCc1nc(C(C)C#N)c(CCC)[nH]1. The number of aryl methyl sites for hydroxylation is 2. The number of aromatic nitrogens is 2. The van der Waals surface area contributed by atoms with E-state index in [0.717, 1.165) is 30.8 Å². The van der Waals surface area contributed by atoms with Crippen molar-refractivity contribution in [3.63, 3.8) is 0 Å². The van der Waals surface area contributed by atoms with Gasteiger partial charge < -0.3 is 4.98 Å². The third kappa shape index (κ3) is 5.36. The van der Waals surface area contributed by atoms with Crippen molar-refractivity contribution in [2.45, 2.75) is 84.5 Å². The standard InChI is InChI=1S/C17H29N3/c1-4-6-7-8-9-10-12-16-19-15(11-5-2)17(20-16)14(3)13-18/h14H,4-12H2,1-3H3,(H,19,20). The third-order valence-electron chi connectivity index (χ3n) is 3.73. The average molecular weight is 275 g/mol. The number of imidazole rings is 1. The number of aromatic amines is 1. The van der Waals surface area contributed by atoms with Gasteiger partial charge in [-0.25, -0.2) is 4.98 Å². The van der Waals surface area contributed by atoms with Crippen LogP contribution in [-0.2, 0) is 12.8 Å². The Hall–Kier alpha value is -1.30. The van der Waals surface area contributed by atoms with Crippen molar-refractivity contribution in [2.24, 2.45) is 0 Å². The smallest absolute Gasteiger partial charge is 0.106 e. The normalized spacial score (nSPS) is 12.3. The minimum atomic E-state index is -0.105. The molecule has 20 heavy (non-hydrogen) atoms. The first-order valence-corrected chi connectivity index (χ1v) is 8.20. The van der Waals surface area contributed by atoms with E-state index >= 15 is 0 Å². The van der Waals surface area contributed by atoms with Gasteiger partial charge in [0.05, 0.1) is 17.7 Å². The van der Waals surface area contributed by atoms with Crippen LogP contribution in [0.15, 0.2) is 0 Å². The number of rotatable bonds is 10. The molecule has 1 aromatic heterocycles. The maximum absolute atomic E-state index is 9.08. The number of H-pyrrole nitrogens is 1. The first-order valence-electron chi connectivity index (χ1n) is 8.20. The van der Waals surface area contributed by atoms with Crippen LogP contribution >= 0.6 is 0 Å². The first-order chi connectivity index (χ1) is 9.72. The van der Waals surface area contributed by atoms with Crippen molar-refractivity contribution in [3.8, 4) is 6.07 Å². The lowest BCUT2D eigenvalue weighted by Gasteiger charge is -2.01. The summed E-state index contributed by atoms with van der Waals surface area (Å²) in [5.41, 5.74) is 2.14. The van der Waals surface area contributed by atoms with E-state index in [2.05, 4.69) is 29.9 Å². The Kier molecular flexibility index (Phi) is 8.02. The maximum atomic E-state index is 9.08. The number of nitriles is 1. The van der Waals surface area contributed by atoms with Crippen LogP contribution < -0.4 is 0 Å². The second-order valence-electron chi connectivity index (χ2n) is 5.67. The van der Waals surface area contributed by atoms with Gasteiger partial charge in [0, 0.05) is 12.1 Å². The molecule has 0 radical (unpaired) electrons. The molecule has 1 heterocycles. The zero-order valence-electron chi connectivity index (χ0n) is 13.3. The minimum absolute atomic E-state index is 0.105. The maximum Gasteiger partial charge on any atom is 0.106 e. The summed E-state index contributed by atoms with van der Waals surface area (Å²) in [5.74, 6) is 0.965. The van der Waals surface area contributed by atoms with E-state index in [1.807, 2.05) is 6.92 Å². The van der Waals surface area contributed by atoms with Gasteiger partial charge in [-0.05, 0) is 19.8 Å². The van der Waals surface area contributed by atoms with Crippen molar-refractivity contribution in [2.75, 3.05) is 0 Å². The molecule has 1 unspecified atom stereocenters. The van der Waals surface area contributed by atoms with Gasteiger partial charge in [-0.3, -0.25) is 0 Å². The first kappa shape index (κ1) is 16.8. The molecule has 0 fully saturated rings. The summed E-state index contributed by atoms with van der Waals surface area (Å²) in [6.07, 6.45) is 10.9. The second-order valence-corrected chi connectivity index (χ2v) is 5.67. The van der Waals surface area contributed by atoms with Gasteiger partial charge in [0.15, 0.2) is 0 Å². The molecule has 3 nitrogen and oxygen atoms in total. The lowest BCUT2D eigenvalue weighted by Crippen LogP contribution is -1.96. The molecule has 1 aromatic rings. The van der Waals surface area contributed by atoms with Crippen LogP contribution in [0.25, 0.3) is 0 Å². The fourth-order valence-electron chi connectivity index (χ4n) is 2.53. The molecule has 0 spiro atoms. The largest absolute Gasteiger partial charge is 0.346 e. The van der Waals surface area contributed by atoms with Crippen LogP contribution in [-0.4, -0.2) is 9.97 Å². The summed E-state index contributed by atoms with van der Waals surface area (Å²) in [6, 6.07) is 2.30. The van der Waals surface area contributed by atoms with Crippen LogP contribution in [0.5, 0.6) is 0 Å². The summed E-state index contributed by atoms with van der Waals surface area (Å²) in [6.45, 7) is 6.34. The molecule has 0 aliphatic rings. The number of hydrogen-bond acceptors (Lipinski definition) is 2. The fraction of sp³-hybridized carbons (Fsp3) is 0.765. The lowest BCUT2D eigenvalue weighted by atomic mass is 10.1. The Bertz CT molecular complexity index is 414. The predicted molar refractivity (Wildman–Crippen MR) is 83.7 cm³/mol. The zero-order chi connectivity index (χ0) is 14.8. The summed E-state index contributed by atoms with van der Waals surface area (Å²) >= 11 is 0.